The van der Waals surface area contributed by atoms with Crippen molar-refractivity contribution in [1.29, 1.82) is 0 Å². The number of aliphatic hydroxyl groups excluding tert-OH is 1. The summed E-state index contributed by atoms with van der Waals surface area (Å²) in [5.74, 6) is 0.0916. The molecule has 5 rings (SSSR count). The molecule has 12 heteroatoms. The molecule has 8 nitrogen and oxygen atoms in total. The van der Waals surface area contributed by atoms with Gasteiger partial charge in [0, 0.05) is 42.3 Å². The van der Waals surface area contributed by atoms with E-state index in [-0.39, 0.29) is 35.1 Å². The lowest BCUT2D eigenvalue weighted by molar-refractivity contribution is -0.143. The van der Waals surface area contributed by atoms with Gasteiger partial charge in [-0.1, -0.05) is 29.8 Å². The molecule has 0 aliphatic carbocycles. The second kappa shape index (κ2) is 12.9. The highest BCUT2D eigenvalue weighted by atomic mass is 35.5. The van der Waals surface area contributed by atoms with Crippen LogP contribution in [0, 0.1) is 6.92 Å². The Morgan fingerprint density at radius 3 is 2.31 bits per heavy atom. The minimum absolute atomic E-state index is 0.0153. The van der Waals surface area contributed by atoms with Gasteiger partial charge in [0.2, 0.25) is 0 Å². The Labute approximate surface area is 246 Å². The monoisotopic (exact) mass is 601 g/mol. The van der Waals surface area contributed by atoms with Gasteiger partial charge in [-0.15, -0.1) is 13.2 Å². The van der Waals surface area contributed by atoms with Crippen LogP contribution in [0.4, 0.5) is 13.2 Å². The van der Waals surface area contributed by atoms with Gasteiger partial charge >= 0.3 is 6.18 Å². The molecule has 1 N–H and O–H groups in total. The second-order valence-corrected chi connectivity index (χ2v) is 9.91. The SMILES string of the molecule is C=C.COc1ccc(-c2nc3c(C(=O)N4CCN([C@H](CO)c5ccccc5Cl)CC4)cnn3c(C(F)(F)F)c2C)cc1. The fourth-order valence-corrected chi connectivity index (χ4v) is 5.41. The number of carbonyl (C=O) groups excluding carboxylic acids is 1. The Morgan fingerprint density at radius 1 is 1.10 bits per heavy atom. The molecule has 1 aliphatic heterocycles. The number of alkyl halides is 3. The van der Waals surface area contributed by atoms with Crippen LogP contribution in [0.25, 0.3) is 16.9 Å². The lowest BCUT2D eigenvalue weighted by Crippen LogP contribution is -2.50. The smallest absolute Gasteiger partial charge is 0.433 e. The molecule has 1 atom stereocenters. The molecular weight excluding hydrogens is 571 g/mol. The Kier molecular flexibility index (Phi) is 9.55. The van der Waals surface area contributed by atoms with Gasteiger partial charge in [0.15, 0.2) is 11.3 Å². The Morgan fingerprint density at radius 2 is 1.74 bits per heavy atom. The first-order valence-corrected chi connectivity index (χ1v) is 13.5. The minimum atomic E-state index is -4.73. The average Bonchev–Trinajstić information content (AvgIpc) is 3.41. The number of aliphatic hydroxyl groups is 1. The molecule has 1 fully saturated rings. The summed E-state index contributed by atoms with van der Waals surface area (Å²) in [6, 6.07) is 13.5. The van der Waals surface area contributed by atoms with Crippen molar-refractivity contribution in [3.05, 3.63) is 95.3 Å². The van der Waals surface area contributed by atoms with Gasteiger partial charge in [-0.05, 0) is 42.8 Å². The van der Waals surface area contributed by atoms with E-state index in [4.69, 9.17) is 16.3 Å². The molecule has 2 aromatic carbocycles. The largest absolute Gasteiger partial charge is 0.497 e. The third-order valence-electron chi connectivity index (χ3n) is 7.23. The number of halogens is 4. The highest BCUT2D eigenvalue weighted by Gasteiger charge is 2.39. The summed E-state index contributed by atoms with van der Waals surface area (Å²) in [4.78, 5) is 21.7. The lowest BCUT2D eigenvalue weighted by atomic mass is 10.0. The Balaban J connectivity index is 0.00000198. The first-order valence-electron chi connectivity index (χ1n) is 13.1. The van der Waals surface area contributed by atoms with Crippen LogP contribution in [0.5, 0.6) is 5.75 Å². The number of hydrogen-bond donors (Lipinski definition) is 1. The molecular formula is C30H31ClF3N5O3. The molecule has 4 aromatic rings. The van der Waals surface area contributed by atoms with E-state index in [2.05, 4.69) is 23.2 Å². The predicted molar refractivity (Wildman–Crippen MR) is 155 cm³/mol. The number of benzene rings is 2. The number of fused-ring (bicyclic) bond motifs is 1. The van der Waals surface area contributed by atoms with Gasteiger partial charge in [0.1, 0.15) is 11.3 Å². The topological polar surface area (TPSA) is 83.2 Å². The zero-order valence-electron chi connectivity index (χ0n) is 23.2. The van der Waals surface area contributed by atoms with E-state index in [1.54, 1.807) is 35.2 Å². The maximum Gasteiger partial charge on any atom is 0.433 e. The van der Waals surface area contributed by atoms with Crippen LogP contribution >= 0.6 is 11.6 Å². The van der Waals surface area contributed by atoms with Crippen molar-refractivity contribution >= 4 is 23.2 Å². The number of methoxy groups -OCH3 is 1. The molecule has 1 saturated heterocycles. The summed E-state index contributed by atoms with van der Waals surface area (Å²) in [7, 11) is 1.50. The molecule has 222 valence electrons. The van der Waals surface area contributed by atoms with E-state index in [1.165, 1.54) is 14.0 Å². The van der Waals surface area contributed by atoms with Gasteiger partial charge < -0.3 is 14.7 Å². The fraction of sp³-hybridized carbons (Fsp3) is 0.300. The minimum Gasteiger partial charge on any atom is -0.497 e. The number of hydrogen-bond acceptors (Lipinski definition) is 6. The second-order valence-electron chi connectivity index (χ2n) is 9.50. The van der Waals surface area contributed by atoms with E-state index >= 15 is 0 Å². The van der Waals surface area contributed by atoms with Gasteiger partial charge in [-0.25, -0.2) is 9.50 Å². The number of ether oxygens (including phenoxy) is 1. The molecule has 0 spiro atoms. The zero-order valence-corrected chi connectivity index (χ0v) is 24.0. The fourth-order valence-electron chi connectivity index (χ4n) is 5.15. The first-order chi connectivity index (χ1) is 20.1. The number of amides is 1. The van der Waals surface area contributed by atoms with Crippen LogP contribution < -0.4 is 4.74 Å². The average molecular weight is 602 g/mol. The first kappa shape index (κ1) is 31.0. The van der Waals surface area contributed by atoms with Crippen molar-refractivity contribution in [3.63, 3.8) is 0 Å². The van der Waals surface area contributed by atoms with Crippen molar-refractivity contribution in [1.82, 2.24) is 24.4 Å². The quantitative estimate of drug-likeness (QED) is 0.286. The normalized spacial score (nSPS) is 14.8. The predicted octanol–water partition coefficient (Wildman–Crippen LogP) is 5.68. The molecule has 0 unspecified atom stereocenters. The van der Waals surface area contributed by atoms with Gasteiger partial charge in [0.25, 0.3) is 5.91 Å². The van der Waals surface area contributed by atoms with E-state index in [9.17, 15) is 23.1 Å². The number of piperazine rings is 1. The molecule has 1 aliphatic rings. The van der Waals surface area contributed by atoms with Crippen LogP contribution in [-0.2, 0) is 6.18 Å². The molecule has 2 aromatic heterocycles. The summed E-state index contributed by atoms with van der Waals surface area (Å²) in [5, 5.41) is 14.5. The summed E-state index contributed by atoms with van der Waals surface area (Å²) in [5.41, 5.74) is 0.0769. The van der Waals surface area contributed by atoms with Crippen molar-refractivity contribution in [2.45, 2.75) is 19.1 Å². The molecule has 1 amide bonds. The summed E-state index contributed by atoms with van der Waals surface area (Å²) in [6.45, 7) is 8.69. The highest BCUT2D eigenvalue weighted by Crippen LogP contribution is 2.37. The van der Waals surface area contributed by atoms with Crippen LogP contribution in [0.2, 0.25) is 5.02 Å². The standard InChI is InChI=1S/C28H27ClF3N5O3.C2H4/c1-17-24(18-7-9-19(40-2)10-8-18)34-26-21(15-33-37(26)25(17)28(30,31)32)27(39)36-13-11-35(12-14-36)23(16-38)20-5-3-4-6-22(20)29;1-2/h3-10,15,23,38H,11-14,16H2,1-2H3;1-2H2/t23-;/m1./s1. The molecule has 0 bridgehead atoms. The van der Waals surface area contributed by atoms with Gasteiger partial charge in [0.05, 0.1) is 31.6 Å². The van der Waals surface area contributed by atoms with E-state index in [0.29, 0.717) is 47.0 Å². The van der Waals surface area contributed by atoms with Crippen LogP contribution in [0.3, 0.4) is 0 Å². The van der Waals surface area contributed by atoms with Crippen LogP contribution in [0.1, 0.15) is 33.2 Å². The maximum atomic E-state index is 14.2. The molecule has 3 heterocycles. The molecule has 0 saturated carbocycles. The zero-order chi connectivity index (χ0) is 30.6. The van der Waals surface area contributed by atoms with Gasteiger partial charge in [-0.3, -0.25) is 9.69 Å². The summed E-state index contributed by atoms with van der Waals surface area (Å²) < 4.78 is 48.6. The molecule has 42 heavy (non-hydrogen) atoms. The Hall–Kier alpha value is -3.93. The van der Waals surface area contributed by atoms with E-state index in [0.717, 1.165) is 11.8 Å². The summed E-state index contributed by atoms with van der Waals surface area (Å²) in [6.07, 6.45) is -3.59. The molecule has 0 radical (unpaired) electrons. The number of carbonyl (C=O) groups is 1. The highest BCUT2D eigenvalue weighted by molar-refractivity contribution is 6.31. The van der Waals surface area contributed by atoms with Crippen molar-refractivity contribution < 1.29 is 27.8 Å². The maximum absolute atomic E-state index is 14.2. The number of aromatic nitrogens is 3. The lowest BCUT2D eigenvalue weighted by Gasteiger charge is -2.39. The Bertz CT molecular complexity index is 1550. The van der Waals surface area contributed by atoms with Crippen molar-refractivity contribution in [2.24, 2.45) is 0 Å². The van der Waals surface area contributed by atoms with E-state index in [1.807, 2.05) is 23.1 Å². The van der Waals surface area contributed by atoms with Crippen LogP contribution in [-0.4, -0.2) is 75.3 Å². The van der Waals surface area contributed by atoms with Crippen molar-refractivity contribution in [3.8, 4) is 17.0 Å². The number of rotatable bonds is 6. The van der Waals surface area contributed by atoms with E-state index < -0.39 is 17.8 Å². The van der Waals surface area contributed by atoms with Gasteiger partial charge in [-0.2, -0.15) is 18.3 Å². The van der Waals surface area contributed by atoms with Crippen molar-refractivity contribution in [2.75, 3.05) is 39.9 Å². The number of nitrogens with zero attached hydrogens (tertiary/aromatic N) is 5. The van der Waals surface area contributed by atoms with Crippen LogP contribution in [0.15, 0.2) is 67.9 Å². The third-order valence-corrected chi connectivity index (χ3v) is 7.57. The third kappa shape index (κ3) is 5.99. The summed E-state index contributed by atoms with van der Waals surface area (Å²) >= 11 is 6.34.